The highest BCUT2D eigenvalue weighted by atomic mass is 19.1. The van der Waals surface area contributed by atoms with Crippen LogP contribution in [-0.2, 0) is 6.61 Å². The monoisotopic (exact) mass is 291 g/mol. The summed E-state index contributed by atoms with van der Waals surface area (Å²) < 4.78 is 18.8. The van der Waals surface area contributed by atoms with Crippen LogP contribution in [0.3, 0.4) is 0 Å². The molecular weight excluding hydrogens is 277 g/mol. The summed E-state index contributed by atoms with van der Waals surface area (Å²) in [6.45, 7) is 1.75. The van der Waals surface area contributed by atoms with Gasteiger partial charge in [0.25, 0.3) is 5.69 Å². The largest absolute Gasteiger partial charge is 0.489 e. The smallest absolute Gasteiger partial charge is 0.294 e. The zero-order valence-electron chi connectivity index (χ0n) is 11.3. The molecule has 0 atom stereocenters. The summed E-state index contributed by atoms with van der Waals surface area (Å²) in [6, 6.07) is 9.02. The highest BCUT2D eigenvalue weighted by molar-refractivity contribution is 5.61. The van der Waals surface area contributed by atoms with E-state index in [0.717, 1.165) is 0 Å². The number of halogens is 1. The van der Waals surface area contributed by atoms with E-state index in [1.54, 1.807) is 25.1 Å². The average Bonchev–Trinajstić information content (AvgIpc) is 2.48. The van der Waals surface area contributed by atoms with Crippen LogP contribution in [0.4, 0.5) is 15.8 Å². The zero-order valence-corrected chi connectivity index (χ0v) is 11.3. The Labute approximate surface area is 120 Å². The van der Waals surface area contributed by atoms with E-state index in [4.69, 9.17) is 10.6 Å². The van der Waals surface area contributed by atoms with Gasteiger partial charge in [-0.1, -0.05) is 12.1 Å². The summed E-state index contributed by atoms with van der Waals surface area (Å²) in [4.78, 5) is 10.4. The van der Waals surface area contributed by atoms with Crippen LogP contribution in [0.1, 0.15) is 11.1 Å². The van der Waals surface area contributed by atoms with Gasteiger partial charge in [-0.15, -0.1) is 0 Å². The zero-order chi connectivity index (χ0) is 15.4. The van der Waals surface area contributed by atoms with Crippen molar-refractivity contribution in [3.05, 3.63) is 63.5 Å². The van der Waals surface area contributed by atoms with Gasteiger partial charge in [0, 0.05) is 12.1 Å². The van der Waals surface area contributed by atoms with Crippen LogP contribution in [0, 0.1) is 22.9 Å². The maximum absolute atomic E-state index is 13.4. The number of rotatable bonds is 5. The first-order valence-corrected chi connectivity index (χ1v) is 6.14. The highest BCUT2D eigenvalue weighted by Gasteiger charge is 2.14. The second-order valence-electron chi connectivity index (χ2n) is 4.45. The molecule has 2 aromatic carbocycles. The molecule has 2 aromatic rings. The first-order valence-electron chi connectivity index (χ1n) is 6.14. The van der Waals surface area contributed by atoms with E-state index in [-0.39, 0.29) is 23.8 Å². The first kappa shape index (κ1) is 14.7. The van der Waals surface area contributed by atoms with Crippen molar-refractivity contribution in [1.29, 1.82) is 0 Å². The third kappa shape index (κ3) is 3.46. The van der Waals surface area contributed by atoms with Crippen molar-refractivity contribution in [3.8, 4) is 5.75 Å². The Hall–Kier alpha value is -2.67. The summed E-state index contributed by atoms with van der Waals surface area (Å²) in [5, 5.41) is 10.9. The number of hydrogen-bond acceptors (Lipinski definition) is 5. The lowest BCUT2D eigenvalue weighted by Crippen LogP contribution is -2.09. The van der Waals surface area contributed by atoms with Crippen LogP contribution in [0.2, 0.25) is 0 Å². The molecule has 3 N–H and O–H groups in total. The van der Waals surface area contributed by atoms with Crippen LogP contribution in [-0.4, -0.2) is 4.92 Å². The van der Waals surface area contributed by atoms with E-state index < -0.39 is 4.92 Å². The highest BCUT2D eigenvalue weighted by Crippen LogP contribution is 2.25. The van der Waals surface area contributed by atoms with Crippen molar-refractivity contribution in [3.63, 3.8) is 0 Å². The second-order valence-corrected chi connectivity index (χ2v) is 4.45. The van der Waals surface area contributed by atoms with Crippen LogP contribution < -0.4 is 16.0 Å². The number of ether oxygens (including phenoxy) is 1. The number of benzene rings is 2. The van der Waals surface area contributed by atoms with E-state index in [1.807, 2.05) is 0 Å². The molecule has 0 unspecified atom stereocenters. The topological polar surface area (TPSA) is 90.4 Å². The molecule has 0 bridgehead atoms. The molecule has 0 amide bonds. The molecule has 7 heteroatoms. The van der Waals surface area contributed by atoms with Crippen molar-refractivity contribution >= 4 is 11.4 Å². The molecule has 0 aliphatic carbocycles. The lowest BCUT2D eigenvalue weighted by Gasteiger charge is -2.08. The van der Waals surface area contributed by atoms with Gasteiger partial charge in [0.05, 0.1) is 4.92 Å². The molecule has 0 heterocycles. The molecule has 0 aromatic heterocycles. The second kappa shape index (κ2) is 6.19. The van der Waals surface area contributed by atoms with E-state index >= 15 is 0 Å². The van der Waals surface area contributed by atoms with E-state index in [2.05, 4.69) is 5.43 Å². The standard InChI is InChI=1S/C14H14FN3O3/c1-9-2-4-11(7-12(9)15)21-8-10-3-5-13(17-16)14(6-10)18(19)20/h2-7,17H,8,16H2,1H3. The molecule has 0 saturated carbocycles. The number of nitrogen functional groups attached to an aromatic ring is 1. The molecule has 0 spiro atoms. The Morgan fingerprint density at radius 2 is 2.10 bits per heavy atom. The lowest BCUT2D eigenvalue weighted by molar-refractivity contribution is -0.384. The number of nitrogens with zero attached hydrogens (tertiary/aromatic N) is 1. The Morgan fingerprint density at radius 1 is 1.33 bits per heavy atom. The number of nitrogens with two attached hydrogens (primary N) is 1. The maximum atomic E-state index is 13.4. The Morgan fingerprint density at radius 3 is 2.71 bits per heavy atom. The van der Waals surface area contributed by atoms with Gasteiger partial charge >= 0.3 is 0 Å². The fraction of sp³-hybridized carbons (Fsp3) is 0.143. The van der Waals surface area contributed by atoms with Gasteiger partial charge in [-0.05, 0) is 30.2 Å². The Balaban J connectivity index is 2.14. The molecular formula is C14H14FN3O3. The maximum Gasteiger partial charge on any atom is 0.294 e. The number of anilines is 1. The fourth-order valence-corrected chi connectivity index (χ4v) is 1.77. The van der Waals surface area contributed by atoms with Gasteiger partial charge < -0.3 is 10.2 Å². The van der Waals surface area contributed by atoms with Gasteiger partial charge in [-0.25, -0.2) is 4.39 Å². The minimum Gasteiger partial charge on any atom is -0.489 e. The quantitative estimate of drug-likeness (QED) is 0.502. The number of hydrazine groups is 1. The van der Waals surface area contributed by atoms with E-state index in [0.29, 0.717) is 16.9 Å². The summed E-state index contributed by atoms with van der Waals surface area (Å²) in [6.07, 6.45) is 0. The van der Waals surface area contributed by atoms with E-state index in [1.165, 1.54) is 18.2 Å². The molecule has 110 valence electrons. The van der Waals surface area contributed by atoms with Crippen molar-refractivity contribution in [2.75, 3.05) is 5.43 Å². The predicted molar refractivity (Wildman–Crippen MR) is 76.4 cm³/mol. The lowest BCUT2D eigenvalue weighted by atomic mass is 10.2. The number of nitro benzene ring substituents is 1. The van der Waals surface area contributed by atoms with Gasteiger partial charge in [0.2, 0.25) is 0 Å². The minimum absolute atomic E-state index is 0.0915. The molecule has 6 nitrogen and oxygen atoms in total. The third-order valence-corrected chi connectivity index (χ3v) is 2.96. The summed E-state index contributed by atoms with van der Waals surface area (Å²) >= 11 is 0. The molecule has 0 aliphatic heterocycles. The van der Waals surface area contributed by atoms with Crippen LogP contribution >= 0.6 is 0 Å². The Kier molecular flexibility index (Phi) is 4.34. The molecule has 0 aliphatic rings. The predicted octanol–water partition coefficient (Wildman–Crippen LogP) is 2.91. The van der Waals surface area contributed by atoms with Crippen LogP contribution in [0.25, 0.3) is 0 Å². The average molecular weight is 291 g/mol. The minimum atomic E-state index is -0.537. The van der Waals surface area contributed by atoms with Gasteiger partial charge in [-0.2, -0.15) is 0 Å². The van der Waals surface area contributed by atoms with Gasteiger partial charge in [-0.3, -0.25) is 16.0 Å². The number of nitro groups is 1. The van der Waals surface area contributed by atoms with Gasteiger partial charge in [0.1, 0.15) is 23.9 Å². The number of nitrogens with one attached hydrogen (secondary N) is 1. The van der Waals surface area contributed by atoms with Crippen molar-refractivity contribution in [1.82, 2.24) is 0 Å². The third-order valence-electron chi connectivity index (χ3n) is 2.96. The number of aryl methyl sites for hydroxylation is 1. The molecule has 0 fully saturated rings. The molecule has 0 radical (unpaired) electrons. The fourth-order valence-electron chi connectivity index (χ4n) is 1.77. The van der Waals surface area contributed by atoms with Crippen molar-refractivity contribution in [2.45, 2.75) is 13.5 Å². The van der Waals surface area contributed by atoms with Crippen LogP contribution in [0.15, 0.2) is 36.4 Å². The molecule has 0 saturated heterocycles. The number of hydrogen-bond donors (Lipinski definition) is 2. The van der Waals surface area contributed by atoms with Crippen molar-refractivity contribution < 1.29 is 14.1 Å². The Bertz CT molecular complexity index is 677. The normalized spacial score (nSPS) is 10.2. The SMILES string of the molecule is Cc1ccc(OCc2ccc(NN)c([N+](=O)[O-])c2)cc1F. The summed E-state index contributed by atoms with van der Waals surface area (Å²) in [7, 11) is 0. The summed E-state index contributed by atoms with van der Waals surface area (Å²) in [5.74, 6) is 5.21. The van der Waals surface area contributed by atoms with Crippen LogP contribution in [0.5, 0.6) is 5.75 Å². The molecule has 2 rings (SSSR count). The van der Waals surface area contributed by atoms with Gasteiger partial charge in [0.15, 0.2) is 0 Å². The first-order chi connectivity index (χ1) is 10.0. The summed E-state index contributed by atoms with van der Waals surface area (Å²) in [5.41, 5.74) is 3.44. The van der Waals surface area contributed by atoms with E-state index in [9.17, 15) is 14.5 Å². The van der Waals surface area contributed by atoms with Crippen molar-refractivity contribution in [2.24, 2.45) is 5.84 Å². The molecule has 21 heavy (non-hydrogen) atoms.